The number of aromatic amines is 1. The highest BCUT2D eigenvalue weighted by Crippen LogP contribution is 2.30. The highest BCUT2D eigenvalue weighted by atomic mass is 19.1. The van der Waals surface area contributed by atoms with Crippen LogP contribution in [0.5, 0.6) is 0 Å². The third-order valence-corrected chi connectivity index (χ3v) is 3.15. The molecule has 0 saturated heterocycles. The quantitative estimate of drug-likeness (QED) is 0.853. The third kappa shape index (κ3) is 2.74. The molecule has 0 radical (unpaired) electrons. The number of esters is 1. The number of hydrogen-bond donors (Lipinski definition) is 1. The van der Waals surface area contributed by atoms with Gasteiger partial charge in [0, 0.05) is 6.20 Å². The van der Waals surface area contributed by atoms with Gasteiger partial charge >= 0.3 is 5.97 Å². The fourth-order valence-corrected chi connectivity index (χ4v) is 2.16. The molecule has 0 aliphatic heterocycles. The van der Waals surface area contributed by atoms with E-state index in [1.807, 2.05) is 20.0 Å². The van der Waals surface area contributed by atoms with E-state index in [2.05, 4.69) is 4.98 Å². The lowest BCUT2D eigenvalue weighted by atomic mass is 9.98. The molecular formula is C16H18FNO2. The number of nitrogens with one attached hydrogen (secondary N) is 1. The Morgan fingerprint density at radius 2 is 1.95 bits per heavy atom. The Hall–Kier alpha value is -2.10. The molecule has 3 nitrogen and oxygen atoms in total. The van der Waals surface area contributed by atoms with Gasteiger partial charge in [-0.05, 0) is 48.2 Å². The monoisotopic (exact) mass is 275 g/mol. The van der Waals surface area contributed by atoms with Crippen LogP contribution in [0.1, 0.15) is 42.6 Å². The molecule has 4 heteroatoms. The van der Waals surface area contributed by atoms with E-state index in [4.69, 9.17) is 4.74 Å². The van der Waals surface area contributed by atoms with Gasteiger partial charge in [-0.2, -0.15) is 0 Å². The minimum Gasteiger partial charge on any atom is -0.462 e. The van der Waals surface area contributed by atoms with Crippen molar-refractivity contribution in [2.45, 2.75) is 26.7 Å². The minimum atomic E-state index is -0.350. The van der Waals surface area contributed by atoms with Gasteiger partial charge in [0.1, 0.15) is 5.82 Å². The lowest BCUT2D eigenvalue weighted by Gasteiger charge is -2.09. The van der Waals surface area contributed by atoms with Gasteiger partial charge in [0.25, 0.3) is 0 Å². The van der Waals surface area contributed by atoms with Crippen LogP contribution in [-0.4, -0.2) is 17.6 Å². The van der Waals surface area contributed by atoms with E-state index in [0.29, 0.717) is 17.9 Å². The lowest BCUT2D eigenvalue weighted by molar-refractivity contribution is 0.0526. The maximum Gasteiger partial charge on any atom is 0.340 e. The Morgan fingerprint density at radius 1 is 1.30 bits per heavy atom. The molecule has 0 fully saturated rings. The first-order chi connectivity index (χ1) is 9.54. The standard InChI is InChI=1S/C16H18FNO2/c1-4-20-16(19)14-13(10(2)3)9-18-15(14)11-5-7-12(17)8-6-11/h5-10,18H,4H2,1-3H3. The topological polar surface area (TPSA) is 42.1 Å². The van der Waals surface area contributed by atoms with Crippen LogP contribution < -0.4 is 0 Å². The SMILES string of the molecule is CCOC(=O)c1c(C(C)C)c[nH]c1-c1ccc(F)cc1. The van der Waals surface area contributed by atoms with Crippen molar-refractivity contribution < 1.29 is 13.9 Å². The average molecular weight is 275 g/mol. The number of benzene rings is 1. The second kappa shape index (κ2) is 5.90. The first kappa shape index (κ1) is 14.3. The predicted molar refractivity (Wildman–Crippen MR) is 76.2 cm³/mol. The van der Waals surface area contributed by atoms with Crippen molar-refractivity contribution in [1.29, 1.82) is 0 Å². The maximum absolute atomic E-state index is 13.0. The molecule has 2 rings (SSSR count). The second-order valence-corrected chi connectivity index (χ2v) is 4.88. The van der Waals surface area contributed by atoms with Crippen molar-refractivity contribution in [1.82, 2.24) is 4.98 Å². The molecule has 1 N–H and O–H groups in total. The van der Waals surface area contributed by atoms with E-state index in [0.717, 1.165) is 11.1 Å². The number of carbonyl (C=O) groups excluding carboxylic acids is 1. The zero-order valence-electron chi connectivity index (χ0n) is 11.9. The molecule has 2 aromatic rings. The molecule has 20 heavy (non-hydrogen) atoms. The molecule has 0 atom stereocenters. The Labute approximate surface area is 117 Å². The number of aromatic nitrogens is 1. The maximum atomic E-state index is 13.0. The first-order valence-corrected chi connectivity index (χ1v) is 6.69. The van der Waals surface area contributed by atoms with Crippen LogP contribution >= 0.6 is 0 Å². The summed E-state index contributed by atoms with van der Waals surface area (Å²) in [6.07, 6.45) is 1.82. The van der Waals surface area contributed by atoms with Crippen LogP contribution in [0, 0.1) is 5.82 Å². The summed E-state index contributed by atoms with van der Waals surface area (Å²) >= 11 is 0. The van der Waals surface area contributed by atoms with Crippen molar-refractivity contribution in [3.8, 4) is 11.3 Å². The molecule has 106 valence electrons. The number of ether oxygens (including phenoxy) is 1. The molecule has 0 saturated carbocycles. The summed E-state index contributed by atoms with van der Waals surface area (Å²) in [6, 6.07) is 6.04. The minimum absolute atomic E-state index is 0.194. The third-order valence-electron chi connectivity index (χ3n) is 3.15. The number of rotatable bonds is 4. The van der Waals surface area contributed by atoms with Gasteiger partial charge in [0.2, 0.25) is 0 Å². The summed E-state index contributed by atoms with van der Waals surface area (Å²) in [5.41, 5.74) is 2.88. The zero-order valence-corrected chi connectivity index (χ0v) is 11.9. The predicted octanol–water partition coefficient (Wildman–Crippen LogP) is 4.12. The summed E-state index contributed by atoms with van der Waals surface area (Å²) in [7, 11) is 0. The first-order valence-electron chi connectivity index (χ1n) is 6.69. The van der Waals surface area contributed by atoms with Crippen LogP contribution in [0.15, 0.2) is 30.5 Å². The van der Waals surface area contributed by atoms with Crippen LogP contribution in [0.2, 0.25) is 0 Å². The fourth-order valence-electron chi connectivity index (χ4n) is 2.16. The number of hydrogen-bond acceptors (Lipinski definition) is 2. The van der Waals surface area contributed by atoms with Gasteiger partial charge in [0.15, 0.2) is 0 Å². The molecule has 0 aliphatic carbocycles. The molecule has 0 unspecified atom stereocenters. The van der Waals surface area contributed by atoms with Gasteiger partial charge in [-0.15, -0.1) is 0 Å². The van der Waals surface area contributed by atoms with Crippen LogP contribution in [0.25, 0.3) is 11.3 Å². The second-order valence-electron chi connectivity index (χ2n) is 4.88. The highest BCUT2D eigenvalue weighted by Gasteiger charge is 2.22. The van der Waals surface area contributed by atoms with Gasteiger partial charge < -0.3 is 9.72 Å². The molecule has 0 aliphatic rings. The molecule has 0 spiro atoms. The zero-order chi connectivity index (χ0) is 14.7. The van der Waals surface area contributed by atoms with Gasteiger partial charge in [-0.25, -0.2) is 9.18 Å². The van der Waals surface area contributed by atoms with Crippen molar-refractivity contribution in [3.63, 3.8) is 0 Å². The molecule has 0 amide bonds. The van der Waals surface area contributed by atoms with Crippen LogP contribution in [0.4, 0.5) is 4.39 Å². The Balaban J connectivity index is 2.53. The lowest BCUT2D eigenvalue weighted by Crippen LogP contribution is -2.08. The average Bonchev–Trinajstić information content (AvgIpc) is 2.84. The molecular weight excluding hydrogens is 257 g/mol. The smallest absolute Gasteiger partial charge is 0.340 e. The van der Waals surface area contributed by atoms with Crippen molar-refractivity contribution >= 4 is 5.97 Å². The van der Waals surface area contributed by atoms with Crippen molar-refractivity contribution in [2.24, 2.45) is 0 Å². The number of carbonyl (C=O) groups is 1. The van der Waals surface area contributed by atoms with Crippen molar-refractivity contribution in [2.75, 3.05) is 6.61 Å². The van der Waals surface area contributed by atoms with Gasteiger partial charge in [-0.1, -0.05) is 13.8 Å². The largest absolute Gasteiger partial charge is 0.462 e. The van der Waals surface area contributed by atoms with E-state index >= 15 is 0 Å². The molecule has 1 aromatic carbocycles. The summed E-state index contributed by atoms with van der Waals surface area (Å²) in [6.45, 7) is 6.13. The summed E-state index contributed by atoms with van der Waals surface area (Å²) in [5, 5.41) is 0. The molecule has 1 heterocycles. The van der Waals surface area contributed by atoms with E-state index in [1.165, 1.54) is 12.1 Å². The van der Waals surface area contributed by atoms with E-state index in [9.17, 15) is 9.18 Å². The summed E-state index contributed by atoms with van der Waals surface area (Å²) < 4.78 is 18.1. The number of H-pyrrole nitrogens is 1. The summed E-state index contributed by atoms with van der Waals surface area (Å²) in [5.74, 6) is -0.460. The Bertz CT molecular complexity index is 599. The fraction of sp³-hybridized carbons (Fsp3) is 0.312. The van der Waals surface area contributed by atoms with Gasteiger partial charge in [-0.3, -0.25) is 0 Å². The van der Waals surface area contributed by atoms with Crippen LogP contribution in [-0.2, 0) is 4.74 Å². The van der Waals surface area contributed by atoms with E-state index in [1.54, 1.807) is 19.1 Å². The van der Waals surface area contributed by atoms with Crippen LogP contribution in [0.3, 0.4) is 0 Å². The van der Waals surface area contributed by atoms with Crippen molar-refractivity contribution in [3.05, 3.63) is 47.4 Å². The van der Waals surface area contributed by atoms with E-state index < -0.39 is 0 Å². The molecule has 1 aromatic heterocycles. The van der Waals surface area contributed by atoms with Gasteiger partial charge in [0.05, 0.1) is 17.9 Å². The number of halogens is 1. The normalized spacial score (nSPS) is 10.8. The molecule has 0 bridgehead atoms. The van der Waals surface area contributed by atoms with E-state index in [-0.39, 0.29) is 17.7 Å². The summed E-state index contributed by atoms with van der Waals surface area (Å²) in [4.78, 5) is 15.3. The Kier molecular flexibility index (Phi) is 4.23. The highest BCUT2D eigenvalue weighted by molar-refractivity contribution is 5.98. The Morgan fingerprint density at radius 3 is 2.50 bits per heavy atom.